The average Bonchev–Trinajstić information content (AvgIpc) is 2.71. The molecule has 0 aliphatic heterocycles. The van der Waals surface area contributed by atoms with Crippen LogP contribution in [0, 0.1) is 0 Å². The van der Waals surface area contributed by atoms with E-state index in [4.69, 9.17) is 5.73 Å². The maximum absolute atomic E-state index is 5.44. The largest absolute Gasteiger partial charge is 0.369 e. The molecule has 15 heavy (non-hydrogen) atoms. The minimum absolute atomic E-state index is 0.276. The molecule has 4 N–H and O–H groups in total. The van der Waals surface area contributed by atoms with Crippen LogP contribution in [-0.4, -0.2) is 26.5 Å². The van der Waals surface area contributed by atoms with Crippen molar-refractivity contribution in [2.75, 3.05) is 17.6 Å². The number of aromatic amines is 1. The minimum Gasteiger partial charge on any atom is -0.369 e. The number of hydrogen-bond donors (Lipinski definition) is 3. The Labute approximate surface area is 87.0 Å². The first-order valence-electron chi connectivity index (χ1n) is 4.65. The van der Waals surface area contributed by atoms with Gasteiger partial charge >= 0.3 is 0 Å². The zero-order chi connectivity index (χ0) is 10.5. The van der Waals surface area contributed by atoms with Gasteiger partial charge in [-0.25, -0.2) is 9.97 Å². The Kier molecular flexibility index (Phi) is 2.77. The molecule has 2 aromatic rings. The lowest BCUT2D eigenvalue weighted by Crippen LogP contribution is -2.08. The van der Waals surface area contributed by atoms with Gasteiger partial charge in [-0.15, -0.1) is 0 Å². The van der Waals surface area contributed by atoms with Gasteiger partial charge in [-0.2, -0.15) is 4.98 Å². The topological polar surface area (TPSA) is 92.5 Å². The fourth-order valence-corrected chi connectivity index (χ4v) is 1.22. The third kappa shape index (κ3) is 2.67. The second-order valence-electron chi connectivity index (χ2n) is 3.01. The molecule has 6 nitrogen and oxygen atoms in total. The van der Waals surface area contributed by atoms with Crippen molar-refractivity contribution in [3.63, 3.8) is 0 Å². The van der Waals surface area contributed by atoms with Crippen LogP contribution in [0.1, 0.15) is 5.82 Å². The maximum atomic E-state index is 5.44. The molecule has 0 aliphatic carbocycles. The van der Waals surface area contributed by atoms with Crippen LogP contribution in [0.4, 0.5) is 11.8 Å². The van der Waals surface area contributed by atoms with Gasteiger partial charge in [0, 0.05) is 31.6 Å². The van der Waals surface area contributed by atoms with Crippen molar-refractivity contribution in [3.05, 3.63) is 30.5 Å². The summed E-state index contributed by atoms with van der Waals surface area (Å²) < 4.78 is 0. The van der Waals surface area contributed by atoms with Gasteiger partial charge in [0.1, 0.15) is 11.6 Å². The van der Waals surface area contributed by atoms with E-state index in [0.29, 0.717) is 0 Å². The molecule has 0 fully saturated rings. The Morgan fingerprint density at radius 1 is 1.33 bits per heavy atom. The fourth-order valence-electron chi connectivity index (χ4n) is 1.22. The molecular formula is C9H12N6. The highest BCUT2D eigenvalue weighted by molar-refractivity contribution is 5.37. The van der Waals surface area contributed by atoms with Crippen molar-refractivity contribution in [2.45, 2.75) is 6.42 Å². The van der Waals surface area contributed by atoms with Crippen LogP contribution < -0.4 is 11.1 Å². The predicted molar refractivity (Wildman–Crippen MR) is 57.2 cm³/mol. The molecule has 0 bridgehead atoms. The third-order valence-corrected chi connectivity index (χ3v) is 1.90. The van der Waals surface area contributed by atoms with Gasteiger partial charge in [0.25, 0.3) is 0 Å². The van der Waals surface area contributed by atoms with Crippen LogP contribution >= 0.6 is 0 Å². The summed E-state index contributed by atoms with van der Waals surface area (Å²) in [5.41, 5.74) is 5.44. The number of hydrogen-bond acceptors (Lipinski definition) is 5. The van der Waals surface area contributed by atoms with E-state index in [2.05, 4.69) is 25.3 Å². The first-order valence-corrected chi connectivity index (χ1v) is 4.65. The molecule has 6 heteroatoms. The van der Waals surface area contributed by atoms with Gasteiger partial charge in [-0.3, -0.25) is 0 Å². The highest BCUT2D eigenvalue weighted by Gasteiger charge is 1.96. The molecule has 2 rings (SSSR count). The number of nitrogens with two attached hydrogens (primary N) is 1. The summed E-state index contributed by atoms with van der Waals surface area (Å²) in [5.74, 6) is 1.96. The van der Waals surface area contributed by atoms with Crippen molar-refractivity contribution in [2.24, 2.45) is 0 Å². The summed E-state index contributed by atoms with van der Waals surface area (Å²) >= 11 is 0. The van der Waals surface area contributed by atoms with E-state index in [1.165, 1.54) is 0 Å². The lowest BCUT2D eigenvalue weighted by molar-refractivity contribution is 0.920. The van der Waals surface area contributed by atoms with Crippen molar-refractivity contribution in [1.82, 2.24) is 19.9 Å². The van der Waals surface area contributed by atoms with Crippen LogP contribution in [-0.2, 0) is 6.42 Å². The number of anilines is 2. The first-order chi connectivity index (χ1) is 7.34. The lowest BCUT2D eigenvalue weighted by Gasteiger charge is -2.03. The molecular weight excluding hydrogens is 192 g/mol. The minimum atomic E-state index is 0.276. The monoisotopic (exact) mass is 204 g/mol. The standard InChI is InChI=1S/C9H12N6/c10-9-14-4-2-8(15-9)11-3-1-7-12-5-6-13-7/h2,4-6H,1,3H2,(H,12,13)(H3,10,11,14,15). The number of H-pyrrole nitrogens is 1. The summed E-state index contributed by atoms with van der Waals surface area (Å²) in [6.07, 6.45) is 5.98. The summed E-state index contributed by atoms with van der Waals surface area (Å²) in [6.45, 7) is 0.754. The van der Waals surface area contributed by atoms with Crippen molar-refractivity contribution in [1.29, 1.82) is 0 Å². The van der Waals surface area contributed by atoms with Gasteiger partial charge < -0.3 is 16.0 Å². The van der Waals surface area contributed by atoms with E-state index in [9.17, 15) is 0 Å². The smallest absolute Gasteiger partial charge is 0.221 e. The molecule has 0 atom stereocenters. The van der Waals surface area contributed by atoms with E-state index >= 15 is 0 Å². The van der Waals surface area contributed by atoms with Crippen LogP contribution in [0.25, 0.3) is 0 Å². The fraction of sp³-hybridized carbons (Fsp3) is 0.222. The second kappa shape index (κ2) is 4.41. The molecule has 0 amide bonds. The number of nitrogens with one attached hydrogen (secondary N) is 2. The summed E-state index contributed by atoms with van der Waals surface area (Å²) in [4.78, 5) is 15.0. The Hall–Kier alpha value is -2.11. The van der Waals surface area contributed by atoms with E-state index in [1.54, 1.807) is 24.7 Å². The molecule has 0 aliphatic rings. The summed E-state index contributed by atoms with van der Waals surface area (Å²) in [6, 6.07) is 1.78. The zero-order valence-corrected chi connectivity index (χ0v) is 8.14. The molecule has 2 heterocycles. The van der Waals surface area contributed by atoms with E-state index < -0.39 is 0 Å². The highest BCUT2D eigenvalue weighted by Crippen LogP contribution is 2.02. The molecule has 0 saturated carbocycles. The van der Waals surface area contributed by atoms with Crippen LogP contribution in [0.5, 0.6) is 0 Å². The van der Waals surface area contributed by atoms with Crippen LogP contribution in [0.2, 0.25) is 0 Å². The molecule has 0 radical (unpaired) electrons. The lowest BCUT2D eigenvalue weighted by atomic mass is 10.4. The molecule has 2 aromatic heterocycles. The van der Waals surface area contributed by atoms with Crippen molar-refractivity contribution < 1.29 is 0 Å². The first kappa shape index (κ1) is 9.45. The van der Waals surface area contributed by atoms with E-state index in [1.807, 2.05) is 0 Å². The molecule has 0 aromatic carbocycles. The summed E-state index contributed by atoms with van der Waals surface area (Å²) in [7, 11) is 0. The quantitative estimate of drug-likeness (QED) is 0.671. The van der Waals surface area contributed by atoms with Crippen molar-refractivity contribution >= 4 is 11.8 Å². The average molecular weight is 204 g/mol. The number of nitrogens with zero attached hydrogens (tertiary/aromatic N) is 3. The van der Waals surface area contributed by atoms with Crippen molar-refractivity contribution in [3.8, 4) is 0 Å². The van der Waals surface area contributed by atoms with Gasteiger partial charge in [0.2, 0.25) is 5.95 Å². The Morgan fingerprint density at radius 3 is 3.00 bits per heavy atom. The van der Waals surface area contributed by atoms with E-state index in [-0.39, 0.29) is 5.95 Å². The molecule has 0 saturated heterocycles. The normalized spacial score (nSPS) is 10.1. The Bertz CT molecular complexity index is 410. The molecule has 78 valence electrons. The van der Waals surface area contributed by atoms with Crippen LogP contribution in [0.3, 0.4) is 0 Å². The van der Waals surface area contributed by atoms with Crippen LogP contribution in [0.15, 0.2) is 24.7 Å². The number of aromatic nitrogens is 4. The summed E-state index contributed by atoms with van der Waals surface area (Å²) in [5, 5.41) is 3.13. The van der Waals surface area contributed by atoms with Gasteiger partial charge in [-0.05, 0) is 6.07 Å². The Morgan fingerprint density at radius 2 is 2.27 bits per heavy atom. The number of imidazole rings is 1. The number of rotatable bonds is 4. The van der Waals surface area contributed by atoms with E-state index in [0.717, 1.165) is 24.6 Å². The third-order valence-electron chi connectivity index (χ3n) is 1.90. The Balaban J connectivity index is 1.83. The number of nitrogen functional groups attached to an aromatic ring is 1. The highest BCUT2D eigenvalue weighted by atomic mass is 15.1. The SMILES string of the molecule is Nc1nccc(NCCc2ncc[nH]2)n1. The van der Waals surface area contributed by atoms with Gasteiger partial charge in [-0.1, -0.05) is 0 Å². The predicted octanol–water partition coefficient (Wildman–Crippen LogP) is 0.436. The second-order valence-corrected chi connectivity index (χ2v) is 3.01. The molecule has 0 spiro atoms. The maximum Gasteiger partial charge on any atom is 0.221 e. The zero-order valence-electron chi connectivity index (χ0n) is 8.14. The van der Waals surface area contributed by atoms with Gasteiger partial charge in [0.05, 0.1) is 0 Å². The molecule has 0 unspecified atom stereocenters. The van der Waals surface area contributed by atoms with Gasteiger partial charge in [0.15, 0.2) is 0 Å².